The second kappa shape index (κ2) is 7.02. The summed E-state index contributed by atoms with van der Waals surface area (Å²) in [6.45, 7) is 7.19. The lowest BCUT2D eigenvalue weighted by Gasteiger charge is -2.30. The molecular weight excluding hydrogens is 346 g/mol. The van der Waals surface area contributed by atoms with E-state index in [1.54, 1.807) is 11.0 Å². The van der Waals surface area contributed by atoms with Gasteiger partial charge in [-0.25, -0.2) is 0 Å². The fraction of sp³-hybridized carbons (Fsp3) is 0.474. The van der Waals surface area contributed by atoms with Crippen molar-refractivity contribution < 1.29 is 13.7 Å². The number of aryl methyl sites for hydroxylation is 1. The zero-order valence-corrected chi connectivity index (χ0v) is 15.7. The van der Waals surface area contributed by atoms with E-state index >= 15 is 0 Å². The van der Waals surface area contributed by atoms with Gasteiger partial charge < -0.3 is 13.8 Å². The van der Waals surface area contributed by atoms with E-state index in [-0.39, 0.29) is 17.7 Å². The van der Waals surface area contributed by atoms with Crippen LogP contribution in [0, 0.1) is 6.92 Å². The minimum absolute atomic E-state index is 0.0637. The number of piperidine rings is 1. The number of hydrogen-bond acceptors (Lipinski definition) is 6. The van der Waals surface area contributed by atoms with E-state index in [1.807, 2.05) is 32.9 Å². The molecule has 1 amide bonds. The minimum atomic E-state index is -0.103. The lowest BCUT2D eigenvalue weighted by atomic mass is 9.97. The number of aromatic nitrogens is 4. The van der Waals surface area contributed by atoms with E-state index in [0.717, 1.165) is 18.6 Å². The van der Waals surface area contributed by atoms with Gasteiger partial charge in [0.2, 0.25) is 5.89 Å². The molecule has 1 aliphatic heterocycles. The number of hydrogen-bond donors (Lipinski definition) is 1. The van der Waals surface area contributed by atoms with E-state index in [2.05, 4.69) is 20.3 Å². The molecule has 4 rings (SSSR count). The molecule has 3 aromatic rings. The van der Waals surface area contributed by atoms with Crippen LogP contribution in [-0.4, -0.2) is 44.2 Å². The molecule has 4 heterocycles. The average molecular weight is 369 g/mol. The normalized spacial score (nSPS) is 17.6. The standard InChI is InChI=1S/C19H23N5O3/c1-11(2)17-20-18(27-23-17)13-5-4-8-24(10-13)19(25)15-9-14(21-22-15)16-7-6-12(3)26-16/h6-7,9,11,13H,4-5,8,10H2,1-3H3,(H,21,22)/t13-/m1/s1. The molecule has 1 fully saturated rings. The quantitative estimate of drug-likeness (QED) is 0.755. The molecule has 8 heteroatoms. The van der Waals surface area contributed by atoms with Gasteiger partial charge in [0, 0.05) is 25.1 Å². The largest absolute Gasteiger partial charge is 0.460 e. The molecule has 1 saturated heterocycles. The molecule has 142 valence electrons. The highest BCUT2D eigenvalue weighted by Gasteiger charge is 2.30. The number of furan rings is 1. The molecule has 1 aliphatic rings. The van der Waals surface area contributed by atoms with Gasteiger partial charge in [-0.15, -0.1) is 0 Å². The van der Waals surface area contributed by atoms with Gasteiger partial charge in [-0.3, -0.25) is 9.89 Å². The molecule has 8 nitrogen and oxygen atoms in total. The number of nitrogens with zero attached hydrogens (tertiary/aromatic N) is 4. The molecule has 0 saturated carbocycles. The zero-order chi connectivity index (χ0) is 19.0. The number of H-pyrrole nitrogens is 1. The molecule has 0 aliphatic carbocycles. The molecule has 27 heavy (non-hydrogen) atoms. The van der Waals surface area contributed by atoms with Crippen LogP contribution in [0.25, 0.3) is 11.5 Å². The number of likely N-dealkylation sites (tertiary alicyclic amines) is 1. The van der Waals surface area contributed by atoms with Crippen molar-refractivity contribution in [2.75, 3.05) is 13.1 Å². The average Bonchev–Trinajstić information content (AvgIpc) is 3.41. The first-order valence-corrected chi connectivity index (χ1v) is 9.26. The summed E-state index contributed by atoms with van der Waals surface area (Å²) < 4.78 is 11.0. The Bertz CT molecular complexity index is 939. The molecule has 0 spiro atoms. The number of aromatic amines is 1. The summed E-state index contributed by atoms with van der Waals surface area (Å²) in [5.74, 6) is 2.98. The third kappa shape index (κ3) is 3.51. The van der Waals surface area contributed by atoms with Gasteiger partial charge in [0.25, 0.3) is 5.91 Å². The second-order valence-corrected chi connectivity index (χ2v) is 7.31. The minimum Gasteiger partial charge on any atom is -0.460 e. The first-order valence-electron chi connectivity index (χ1n) is 9.26. The SMILES string of the molecule is Cc1ccc(-c2cc(C(=O)N3CCC[C@@H](c4nc(C(C)C)no4)C3)n[nH]2)o1. The van der Waals surface area contributed by atoms with Crippen molar-refractivity contribution >= 4 is 5.91 Å². The summed E-state index contributed by atoms with van der Waals surface area (Å²) in [5.41, 5.74) is 1.08. The van der Waals surface area contributed by atoms with Crippen molar-refractivity contribution in [3.05, 3.63) is 41.4 Å². The van der Waals surface area contributed by atoms with Gasteiger partial charge in [-0.2, -0.15) is 10.1 Å². The van der Waals surface area contributed by atoms with E-state index in [9.17, 15) is 4.79 Å². The molecule has 0 bridgehead atoms. The van der Waals surface area contributed by atoms with Gasteiger partial charge in [-0.1, -0.05) is 19.0 Å². The van der Waals surface area contributed by atoms with E-state index in [1.165, 1.54) is 0 Å². The molecule has 0 aromatic carbocycles. The Kier molecular flexibility index (Phi) is 4.55. The van der Waals surface area contributed by atoms with Crippen molar-refractivity contribution in [1.82, 2.24) is 25.2 Å². The van der Waals surface area contributed by atoms with Crippen molar-refractivity contribution in [1.29, 1.82) is 0 Å². The molecular formula is C19H23N5O3. The first-order chi connectivity index (χ1) is 13.0. The fourth-order valence-electron chi connectivity index (χ4n) is 3.31. The van der Waals surface area contributed by atoms with Crippen LogP contribution in [0.4, 0.5) is 0 Å². The van der Waals surface area contributed by atoms with E-state index in [0.29, 0.717) is 42.0 Å². The van der Waals surface area contributed by atoms with Gasteiger partial charge in [0.15, 0.2) is 17.3 Å². The number of nitrogens with one attached hydrogen (secondary N) is 1. The van der Waals surface area contributed by atoms with Crippen LogP contribution in [0.3, 0.4) is 0 Å². The maximum absolute atomic E-state index is 12.9. The smallest absolute Gasteiger partial charge is 0.274 e. The lowest BCUT2D eigenvalue weighted by molar-refractivity contribution is 0.0689. The number of amides is 1. The zero-order valence-electron chi connectivity index (χ0n) is 15.7. The molecule has 0 radical (unpaired) electrons. The lowest BCUT2D eigenvalue weighted by Crippen LogP contribution is -2.39. The van der Waals surface area contributed by atoms with Gasteiger partial charge in [-0.05, 0) is 31.9 Å². The van der Waals surface area contributed by atoms with Crippen molar-refractivity contribution in [2.45, 2.75) is 45.4 Å². The van der Waals surface area contributed by atoms with E-state index < -0.39 is 0 Å². The number of carbonyl (C=O) groups is 1. The third-order valence-corrected chi connectivity index (χ3v) is 4.83. The predicted molar refractivity (Wildman–Crippen MR) is 97.3 cm³/mol. The summed E-state index contributed by atoms with van der Waals surface area (Å²) >= 11 is 0. The summed E-state index contributed by atoms with van der Waals surface area (Å²) in [5, 5.41) is 11.1. The summed E-state index contributed by atoms with van der Waals surface area (Å²) in [6, 6.07) is 5.46. The van der Waals surface area contributed by atoms with Crippen LogP contribution in [0.5, 0.6) is 0 Å². The van der Waals surface area contributed by atoms with Crippen LogP contribution in [-0.2, 0) is 0 Å². The summed E-state index contributed by atoms with van der Waals surface area (Å²) in [4.78, 5) is 19.2. The van der Waals surface area contributed by atoms with Crippen molar-refractivity contribution in [3.8, 4) is 11.5 Å². The molecule has 1 atom stereocenters. The van der Waals surface area contributed by atoms with Crippen LogP contribution in [0.1, 0.15) is 66.5 Å². The second-order valence-electron chi connectivity index (χ2n) is 7.31. The number of rotatable bonds is 4. The number of carbonyl (C=O) groups excluding carboxylic acids is 1. The van der Waals surface area contributed by atoms with Crippen molar-refractivity contribution in [3.63, 3.8) is 0 Å². The van der Waals surface area contributed by atoms with Crippen LogP contribution < -0.4 is 0 Å². The fourth-order valence-corrected chi connectivity index (χ4v) is 3.31. The Labute approximate surface area is 156 Å². The van der Waals surface area contributed by atoms with Gasteiger partial charge >= 0.3 is 0 Å². The molecule has 3 aromatic heterocycles. The summed E-state index contributed by atoms with van der Waals surface area (Å²) in [7, 11) is 0. The highest BCUT2D eigenvalue weighted by molar-refractivity contribution is 5.93. The first kappa shape index (κ1) is 17.5. The molecule has 1 N–H and O–H groups in total. The Balaban J connectivity index is 1.47. The topological polar surface area (TPSA) is 101 Å². The Morgan fingerprint density at radius 2 is 2.22 bits per heavy atom. The molecule has 0 unspecified atom stereocenters. The monoisotopic (exact) mass is 369 g/mol. The van der Waals surface area contributed by atoms with Crippen LogP contribution >= 0.6 is 0 Å². The van der Waals surface area contributed by atoms with Crippen LogP contribution in [0.15, 0.2) is 27.1 Å². The Morgan fingerprint density at radius 3 is 2.93 bits per heavy atom. The van der Waals surface area contributed by atoms with Crippen LogP contribution in [0.2, 0.25) is 0 Å². The Morgan fingerprint density at radius 1 is 1.37 bits per heavy atom. The maximum Gasteiger partial charge on any atom is 0.274 e. The highest BCUT2D eigenvalue weighted by atomic mass is 16.5. The maximum atomic E-state index is 12.9. The van der Waals surface area contributed by atoms with Crippen molar-refractivity contribution in [2.24, 2.45) is 0 Å². The third-order valence-electron chi connectivity index (χ3n) is 4.83. The highest BCUT2D eigenvalue weighted by Crippen LogP contribution is 2.28. The predicted octanol–water partition coefficient (Wildman–Crippen LogP) is 3.50. The Hall–Kier alpha value is -2.90. The summed E-state index contributed by atoms with van der Waals surface area (Å²) in [6.07, 6.45) is 1.82. The van der Waals surface area contributed by atoms with Gasteiger partial charge in [0.05, 0.1) is 5.92 Å². The van der Waals surface area contributed by atoms with E-state index in [4.69, 9.17) is 8.94 Å². The van der Waals surface area contributed by atoms with Gasteiger partial charge in [0.1, 0.15) is 11.5 Å².